The molecule has 0 unspecified atom stereocenters. The Morgan fingerprint density at radius 2 is 1.96 bits per heavy atom. The molecule has 8 nitrogen and oxygen atoms in total. The van der Waals surface area contributed by atoms with Crippen LogP contribution in [0.5, 0.6) is 0 Å². The van der Waals surface area contributed by atoms with Gasteiger partial charge >= 0.3 is 0 Å². The van der Waals surface area contributed by atoms with Gasteiger partial charge in [0.1, 0.15) is 41.7 Å². The first kappa shape index (κ1) is 16.9. The fourth-order valence-electron chi connectivity index (χ4n) is 3.45. The van der Waals surface area contributed by atoms with Crippen molar-refractivity contribution in [3.05, 3.63) is 54.5 Å². The monoisotopic (exact) mass is 356 g/mol. The number of nitrogen functional groups attached to an aromatic ring is 1. The van der Waals surface area contributed by atoms with Crippen molar-refractivity contribution in [1.29, 1.82) is 0 Å². The molecule has 0 spiro atoms. The fourth-order valence-corrected chi connectivity index (χ4v) is 3.45. The SMILES string of the molecule is C[C@@]1(O)[C@@H]([C@@H](O)c2ccccc2)O[C@@H](n2ccc3c(N)ncnc32)[C@@H]1O. The molecule has 1 fully saturated rings. The van der Waals surface area contributed by atoms with Crippen LogP contribution in [0.25, 0.3) is 11.0 Å². The van der Waals surface area contributed by atoms with E-state index in [0.717, 1.165) is 0 Å². The molecule has 3 heterocycles. The Labute approximate surface area is 149 Å². The zero-order valence-corrected chi connectivity index (χ0v) is 14.1. The maximum absolute atomic E-state index is 10.8. The zero-order chi connectivity index (χ0) is 18.5. The first-order valence-corrected chi connectivity index (χ1v) is 8.27. The van der Waals surface area contributed by atoms with E-state index in [1.807, 2.05) is 6.07 Å². The van der Waals surface area contributed by atoms with Gasteiger partial charge in [-0.2, -0.15) is 0 Å². The third-order valence-electron chi connectivity index (χ3n) is 4.97. The predicted octanol–water partition coefficient (Wildman–Crippen LogP) is 0.756. The van der Waals surface area contributed by atoms with Crippen LogP contribution in [0.15, 0.2) is 48.9 Å². The van der Waals surface area contributed by atoms with Crippen molar-refractivity contribution in [2.24, 2.45) is 0 Å². The van der Waals surface area contributed by atoms with Crippen LogP contribution in [0.1, 0.15) is 24.8 Å². The van der Waals surface area contributed by atoms with Gasteiger partial charge in [0.25, 0.3) is 0 Å². The van der Waals surface area contributed by atoms with Crippen LogP contribution in [0.4, 0.5) is 5.82 Å². The Morgan fingerprint density at radius 3 is 2.69 bits per heavy atom. The molecule has 4 rings (SSSR count). The number of nitrogens with two attached hydrogens (primary N) is 1. The van der Waals surface area contributed by atoms with Gasteiger partial charge in [0, 0.05) is 6.20 Å². The average Bonchev–Trinajstić information content (AvgIpc) is 3.16. The summed E-state index contributed by atoms with van der Waals surface area (Å²) in [5, 5.41) is 32.9. The number of rotatable bonds is 3. The molecule has 1 aromatic carbocycles. The second-order valence-electron chi connectivity index (χ2n) is 6.69. The maximum atomic E-state index is 10.8. The molecule has 0 radical (unpaired) electrons. The molecular formula is C18H20N4O4. The summed E-state index contributed by atoms with van der Waals surface area (Å²) in [5.74, 6) is 0.314. The van der Waals surface area contributed by atoms with Gasteiger partial charge in [0.05, 0.1) is 5.39 Å². The van der Waals surface area contributed by atoms with Gasteiger partial charge in [-0.3, -0.25) is 0 Å². The number of benzene rings is 1. The molecule has 0 saturated carbocycles. The van der Waals surface area contributed by atoms with Crippen LogP contribution >= 0.6 is 0 Å². The van der Waals surface area contributed by atoms with Gasteiger partial charge in [0.15, 0.2) is 6.23 Å². The quantitative estimate of drug-likeness (QED) is 0.545. The number of fused-ring (bicyclic) bond motifs is 1. The largest absolute Gasteiger partial charge is 0.386 e. The summed E-state index contributed by atoms with van der Waals surface area (Å²) in [5.41, 5.74) is 5.25. The molecule has 0 amide bonds. The van der Waals surface area contributed by atoms with Crippen LogP contribution in [-0.2, 0) is 4.74 Å². The highest BCUT2D eigenvalue weighted by atomic mass is 16.6. The van der Waals surface area contributed by atoms with Gasteiger partial charge in [-0.05, 0) is 18.6 Å². The van der Waals surface area contributed by atoms with E-state index < -0.39 is 30.1 Å². The summed E-state index contributed by atoms with van der Waals surface area (Å²) in [4.78, 5) is 8.13. The molecule has 1 saturated heterocycles. The number of ether oxygens (including phenoxy) is 1. The lowest BCUT2D eigenvalue weighted by molar-refractivity contribution is -0.115. The molecule has 0 aliphatic carbocycles. The minimum atomic E-state index is -1.67. The van der Waals surface area contributed by atoms with E-state index >= 15 is 0 Å². The number of nitrogens with zero attached hydrogens (tertiary/aromatic N) is 3. The standard InChI is InChI=1S/C18H20N4O4/c1-18(25)13(24)17(22-8-7-11-15(19)20-9-21-16(11)22)26-14(18)12(23)10-5-3-2-4-6-10/h2-9,12-14,17,23-25H,1H3,(H2,19,20,21)/t12-,13-,14+,17+,18-/m0/s1. The van der Waals surface area contributed by atoms with Crippen LogP contribution in [0.3, 0.4) is 0 Å². The summed E-state index contributed by atoms with van der Waals surface area (Å²) in [6, 6.07) is 10.6. The molecule has 1 aliphatic heterocycles. The molecule has 8 heteroatoms. The van der Waals surface area contributed by atoms with Gasteiger partial charge in [0.2, 0.25) is 0 Å². The van der Waals surface area contributed by atoms with Gasteiger partial charge < -0.3 is 30.4 Å². The lowest BCUT2D eigenvalue weighted by Gasteiger charge is -2.29. The summed E-state index contributed by atoms with van der Waals surface area (Å²) in [6.07, 6.45) is -1.35. The molecule has 2 aromatic heterocycles. The van der Waals surface area contributed by atoms with Crippen LogP contribution < -0.4 is 5.73 Å². The van der Waals surface area contributed by atoms with Crippen LogP contribution in [-0.4, -0.2) is 47.7 Å². The van der Waals surface area contributed by atoms with E-state index in [9.17, 15) is 15.3 Å². The number of aromatic nitrogens is 3. The Balaban J connectivity index is 1.72. The second-order valence-corrected chi connectivity index (χ2v) is 6.69. The number of anilines is 1. The molecule has 0 bridgehead atoms. The number of hydrogen-bond acceptors (Lipinski definition) is 7. The van der Waals surface area contributed by atoms with Gasteiger partial charge in [-0.1, -0.05) is 30.3 Å². The Hall–Kier alpha value is -2.52. The lowest BCUT2D eigenvalue weighted by atomic mass is 9.88. The van der Waals surface area contributed by atoms with Crippen LogP contribution in [0, 0.1) is 0 Å². The van der Waals surface area contributed by atoms with Crippen molar-refractivity contribution >= 4 is 16.9 Å². The average molecular weight is 356 g/mol. The van der Waals surface area contributed by atoms with E-state index in [1.54, 1.807) is 41.1 Å². The zero-order valence-electron chi connectivity index (χ0n) is 14.1. The molecule has 5 atom stereocenters. The lowest BCUT2D eigenvalue weighted by Crippen LogP contribution is -2.47. The predicted molar refractivity (Wildman–Crippen MR) is 93.9 cm³/mol. The molecule has 26 heavy (non-hydrogen) atoms. The fraction of sp³-hybridized carbons (Fsp3) is 0.333. The highest BCUT2D eigenvalue weighted by Crippen LogP contribution is 2.43. The highest BCUT2D eigenvalue weighted by molar-refractivity contribution is 5.86. The smallest absolute Gasteiger partial charge is 0.164 e. The van der Waals surface area contributed by atoms with Crippen molar-refractivity contribution in [2.75, 3.05) is 5.73 Å². The third kappa shape index (κ3) is 2.46. The van der Waals surface area contributed by atoms with Crippen molar-refractivity contribution < 1.29 is 20.1 Å². The van der Waals surface area contributed by atoms with E-state index in [1.165, 1.54) is 13.3 Å². The molecule has 5 N–H and O–H groups in total. The molecule has 1 aliphatic rings. The van der Waals surface area contributed by atoms with E-state index in [-0.39, 0.29) is 0 Å². The Morgan fingerprint density at radius 1 is 1.23 bits per heavy atom. The molecule has 3 aromatic rings. The third-order valence-corrected chi connectivity index (χ3v) is 4.97. The number of hydrogen-bond donors (Lipinski definition) is 4. The summed E-state index contributed by atoms with van der Waals surface area (Å²) in [6.45, 7) is 1.45. The highest BCUT2D eigenvalue weighted by Gasteiger charge is 2.55. The number of aliphatic hydroxyl groups excluding tert-OH is 2. The van der Waals surface area contributed by atoms with Crippen LogP contribution in [0.2, 0.25) is 0 Å². The minimum Gasteiger partial charge on any atom is -0.386 e. The molecular weight excluding hydrogens is 336 g/mol. The van der Waals surface area contributed by atoms with E-state index in [4.69, 9.17) is 10.5 Å². The van der Waals surface area contributed by atoms with Crippen molar-refractivity contribution in [2.45, 2.75) is 37.1 Å². The van der Waals surface area contributed by atoms with Gasteiger partial charge in [-0.25, -0.2) is 9.97 Å². The first-order valence-electron chi connectivity index (χ1n) is 8.27. The Bertz CT molecular complexity index is 927. The van der Waals surface area contributed by atoms with Gasteiger partial charge in [-0.15, -0.1) is 0 Å². The maximum Gasteiger partial charge on any atom is 0.164 e. The summed E-state index contributed by atoms with van der Waals surface area (Å²) < 4.78 is 7.50. The van der Waals surface area contributed by atoms with E-state index in [0.29, 0.717) is 22.4 Å². The van der Waals surface area contributed by atoms with Crippen molar-refractivity contribution in [3.8, 4) is 0 Å². The summed E-state index contributed by atoms with van der Waals surface area (Å²) >= 11 is 0. The first-order chi connectivity index (χ1) is 12.4. The summed E-state index contributed by atoms with van der Waals surface area (Å²) in [7, 11) is 0. The Kier molecular flexibility index (Phi) is 3.92. The minimum absolute atomic E-state index is 0.314. The topological polar surface area (TPSA) is 127 Å². The van der Waals surface area contributed by atoms with E-state index in [2.05, 4.69) is 9.97 Å². The second kappa shape index (κ2) is 6.03. The molecule has 136 valence electrons. The normalized spacial score (nSPS) is 29.9. The van der Waals surface area contributed by atoms with Crippen molar-refractivity contribution in [1.82, 2.24) is 14.5 Å². The number of aliphatic hydroxyl groups is 3. The van der Waals surface area contributed by atoms with Crippen molar-refractivity contribution in [3.63, 3.8) is 0 Å².